The number of hydrogen-bond acceptors (Lipinski definition) is 3. The van der Waals surface area contributed by atoms with Crippen LogP contribution in [-0.4, -0.2) is 39.3 Å². The van der Waals surface area contributed by atoms with E-state index in [1.165, 1.54) is 32.3 Å². The number of hydrogen-bond donors (Lipinski definition) is 1. The van der Waals surface area contributed by atoms with E-state index in [1.54, 1.807) is 12.1 Å². The number of rotatable bonds is 6. The smallest absolute Gasteiger partial charge is 0.304 e. The standard InChI is InChI=1S/C18H22FN3O3S/c1-13-9-10-15(11-14(13)2)20-18(23)12-22(26(24,25)21(3)4)17-8-6-5-7-16(17)19/h5-11H,12H2,1-4H3,(H,20,23). The fourth-order valence-electron chi connectivity index (χ4n) is 2.29. The molecular weight excluding hydrogens is 357 g/mol. The van der Waals surface area contributed by atoms with Gasteiger partial charge in [0.2, 0.25) is 5.91 Å². The van der Waals surface area contributed by atoms with Gasteiger partial charge in [-0.25, -0.2) is 8.70 Å². The van der Waals surface area contributed by atoms with Gasteiger partial charge in [0.15, 0.2) is 0 Å². The van der Waals surface area contributed by atoms with Gasteiger partial charge < -0.3 is 5.32 Å². The summed E-state index contributed by atoms with van der Waals surface area (Å²) in [6.45, 7) is 3.31. The van der Waals surface area contributed by atoms with Gasteiger partial charge in [0, 0.05) is 19.8 Å². The van der Waals surface area contributed by atoms with Crippen molar-refractivity contribution in [1.82, 2.24) is 4.31 Å². The van der Waals surface area contributed by atoms with E-state index in [-0.39, 0.29) is 5.69 Å². The zero-order chi connectivity index (χ0) is 19.5. The molecule has 0 aliphatic rings. The maximum Gasteiger partial charge on any atom is 0.304 e. The van der Waals surface area contributed by atoms with Crippen molar-refractivity contribution < 1.29 is 17.6 Å². The summed E-state index contributed by atoms with van der Waals surface area (Å²) in [6, 6.07) is 10.8. The van der Waals surface area contributed by atoms with Gasteiger partial charge in [-0.3, -0.25) is 4.79 Å². The monoisotopic (exact) mass is 379 g/mol. The van der Waals surface area contributed by atoms with Crippen LogP contribution in [0.2, 0.25) is 0 Å². The quantitative estimate of drug-likeness (QED) is 0.839. The molecule has 1 amide bonds. The lowest BCUT2D eigenvalue weighted by Crippen LogP contribution is -2.44. The van der Waals surface area contributed by atoms with Crippen LogP contribution < -0.4 is 9.62 Å². The van der Waals surface area contributed by atoms with Crippen LogP contribution in [0.4, 0.5) is 15.8 Å². The number of para-hydroxylation sites is 1. The molecule has 0 saturated heterocycles. The number of aryl methyl sites for hydroxylation is 2. The van der Waals surface area contributed by atoms with E-state index in [1.807, 2.05) is 19.9 Å². The molecule has 6 nitrogen and oxygen atoms in total. The summed E-state index contributed by atoms with van der Waals surface area (Å²) in [5, 5.41) is 2.65. The Morgan fingerprint density at radius 2 is 1.73 bits per heavy atom. The van der Waals surface area contributed by atoms with Crippen LogP contribution in [0, 0.1) is 19.7 Å². The van der Waals surface area contributed by atoms with Crippen LogP contribution in [-0.2, 0) is 15.0 Å². The predicted octanol–water partition coefficient (Wildman–Crippen LogP) is 2.69. The zero-order valence-electron chi connectivity index (χ0n) is 15.2. The Hall–Kier alpha value is -2.45. The molecule has 1 N–H and O–H groups in total. The van der Waals surface area contributed by atoms with Crippen LogP contribution >= 0.6 is 0 Å². The second kappa shape index (κ2) is 7.84. The summed E-state index contributed by atoms with van der Waals surface area (Å²) in [4.78, 5) is 12.4. The molecular formula is C18H22FN3O3S. The summed E-state index contributed by atoms with van der Waals surface area (Å²) < 4.78 is 41.0. The van der Waals surface area contributed by atoms with Gasteiger partial charge in [0.1, 0.15) is 12.4 Å². The number of nitrogens with one attached hydrogen (secondary N) is 1. The van der Waals surface area contributed by atoms with Crippen molar-refractivity contribution in [2.45, 2.75) is 13.8 Å². The molecule has 0 radical (unpaired) electrons. The Bertz CT molecular complexity index is 914. The number of halogens is 1. The highest BCUT2D eigenvalue weighted by Gasteiger charge is 2.29. The van der Waals surface area contributed by atoms with Crippen molar-refractivity contribution in [3.8, 4) is 0 Å². The molecule has 0 aromatic heterocycles. The van der Waals surface area contributed by atoms with Crippen LogP contribution in [0.25, 0.3) is 0 Å². The molecule has 0 aliphatic carbocycles. The number of carbonyl (C=O) groups excluding carboxylic acids is 1. The minimum absolute atomic E-state index is 0.184. The number of carbonyl (C=O) groups is 1. The molecule has 0 aliphatic heterocycles. The molecule has 2 rings (SSSR count). The molecule has 2 aromatic rings. The Morgan fingerprint density at radius 3 is 2.31 bits per heavy atom. The van der Waals surface area contributed by atoms with Crippen molar-refractivity contribution in [1.29, 1.82) is 0 Å². The van der Waals surface area contributed by atoms with Crippen molar-refractivity contribution in [3.05, 3.63) is 59.4 Å². The minimum atomic E-state index is -4.05. The molecule has 0 fully saturated rings. The van der Waals surface area contributed by atoms with Gasteiger partial charge in [-0.2, -0.15) is 12.7 Å². The Morgan fingerprint density at radius 1 is 1.08 bits per heavy atom. The lowest BCUT2D eigenvalue weighted by Gasteiger charge is -2.27. The highest BCUT2D eigenvalue weighted by molar-refractivity contribution is 7.90. The fraction of sp³-hybridized carbons (Fsp3) is 0.278. The largest absolute Gasteiger partial charge is 0.325 e. The van der Waals surface area contributed by atoms with Crippen LogP contribution in [0.5, 0.6) is 0 Å². The van der Waals surface area contributed by atoms with Crippen LogP contribution in [0.3, 0.4) is 0 Å². The summed E-state index contributed by atoms with van der Waals surface area (Å²) in [7, 11) is -1.40. The molecule has 0 bridgehead atoms. The van der Waals surface area contributed by atoms with Gasteiger partial charge in [-0.1, -0.05) is 18.2 Å². The third-order valence-corrected chi connectivity index (χ3v) is 5.74. The summed E-state index contributed by atoms with van der Waals surface area (Å²) in [5.74, 6) is -1.29. The molecule has 0 heterocycles. The number of anilines is 2. The van der Waals surface area contributed by atoms with Crippen molar-refractivity contribution >= 4 is 27.5 Å². The highest BCUT2D eigenvalue weighted by Crippen LogP contribution is 2.23. The van der Waals surface area contributed by atoms with E-state index >= 15 is 0 Å². The van der Waals surface area contributed by atoms with E-state index in [9.17, 15) is 17.6 Å². The third-order valence-electron chi connectivity index (χ3n) is 3.94. The Balaban J connectivity index is 2.31. The second-order valence-corrected chi connectivity index (χ2v) is 8.16. The average Bonchev–Trinajstić information content (AvgIpc) is 2.56. The maximum atomic E-state index is 14.2. The van der Waals surface area contributed by atoms with E-state index in [4.69, 9.17) is 0 Å². The van der Waals surface area contributed by atoms with Gasteiger partial charge in [-0.05, 0) is 49.2 Å². The topological polar surface area (TPSA) is 69.7 Å². The van der Waals surface area contributed by atoms with Gasteiger partial charge in [-0.15, -0.1) is 0 Å². The third kappa shape index (κ3) is 4.39. The molecule has 26 heavy (non-hydrogen) atoms. The fourth-order valence-corrected chi connectivity index (χ4v) is 3.36. The molecule has 0 saturated carbocycles. The molecule has 0 unspecified atom stereocenters. The number of amides is 1. The van der Waals surface area contributed by atoms with Gasteiger partial charge in [0.25, 0.3) is 0 Å². The van der Waals surface area contributed by atoms with Crippen molar-refractivity contribution in [3.63, 3.8) is 0 Å². The summed E-state index contributed by atoms with van der Waals surface area (Å²) >= 11 is 0. The van der Waals surface area contributed by atoms with Crippen molar-refractivity contribution in [2.75, 3.05) is 30.3 Å². The van der Waals surface area contributed by atoms with Crippen LogP contribution in [0.1, 0.15) is 11.1 Å². The predicted molar refractivity (Wildman–Crippen MR) is 101 cm³/mol. The number of nitrogens with zero attached hydrogens (tertiary/aromatic N) is 2. The minimum Gasteiger partial charge on any atom is -0.325 e. The lowest BCUT2D eigenvalue weighted by atomic mass is 10.1. The van der Waals surface area contributed by atoms with E-state index in [2.05, 4.69) is 5.32 Å². The average molecular weight is 379 g/mol. The van der Waals surface area contributed by atoms with E-state index in [0.29, 0.717) is 5.69 Å². The second-order valence-electron chi connectivity index (χ2n) is 6.10. The van der Waals surface area contributed by atoms with Gasteiger partial charge >= 0.3 is 10.2 Å². The zero-order valence-corrected chi connectivity index (χ0v) is 16.0. The molecule has 0 atom stereocenters. The first-order valence-corrected chi connectivity index (χ1v) is 9.34. The number of benzene rings is 2. The first kappa shape index (κ1) is 19.9. The SMILES string of the molecule is Cc1ccc(NC(=O)CN(c2ccccc2F)S(=O)(=O)N(C)C)cc1C. The Labute approximate surface area is 153 Å². The Kier molecular flexibility index (Phi) is 5.99. The molecule has 0 spiro atoms. The van der Waals surface area contributed by atoms with E-state index in [0.717, 1.165) is 25.8 Å². The molecule has 140 valence electrons. The van der Waals surface area contributed by atoms with Crippen molar-refractivity contribution in [2.24, 2.45) is 0 Å². The lowest BCUT2D eigenvalue weighted by molar-refractivity contribution is -0.114. The first-order valence-electron chi connectivity index (χ1n) is 7.94. The van der Waals surface area contributed by atoms with E-state index < -0.39 is 28.5 Å². The summed E-state index contributed by atoms with van der Waals surface area (Å²) in [5.41, 5.74) is 2.44. The molecule has 2 aromatic carbocycles. The van der Waals surface area contributed by atoms with Crippen LogP contribution in [0.15, 0.2) is 42.5 Å². The normalized spacial score (nSPS) is 11.5. The first-order chi connectivity index (χ1) is 12.1. The van der Waals surface area contributed by atoms with Gasteiger partial charge in [0.05, 0.1) is 5.69 Å². The maximum absolute atomic E-state index is 14.2. The molecule has 8 heteroatoms. The summed E-state index contributed by atoms with van der Waals surface area (Å²) in [6.07, 6.45) is 0. The highest BCUT2D eigenvalue weighted by atomic mass is 32.2.